The van der Waals surface area contributed by atoms with Gasteiger partial charge in [0.25, 0.3) is 0 Å². The number of likely N-dealkylation sites (N-methyl/N-ethyl adjacent to an activating group) is 1. The maximum absolute atomic E-state index is 4.34. The standard InChI is InChI=1S/C15H23N5/c1-5-16-15(8-13-9-17-20(6-2)10-13)14-7-11(3)18-19-12(14)4/h7,9-10,15-16H,5-6,8H2,1-4H3. The minimum atomic E-state index is 0.253. The van der Waals surface area contributed by atoms with Gasteiger partial charge in [-0.2, -0.15) is 15.3 Å². The molecule has 5 nitrogen and oxygen atoms in total. The molecule has 0 aliphatic carbocycles. The Labute approximate surface area is 120 Å². The molecule has 0 fully saturated rings. The summed E-state index contributed by atoms with van der Waals surface area (Å²) >= 11 is 0. The molecule has 0 aliphatic rings. The van der Waals surface area contributed by atoms with Crippen LogP contribution < -0.4 is 5.32 Å². The predicted molar refractivity (Wildman–Crippen MR) is 79.5 cm³/mol. The first kappa shape index (κ1) is 14.7. The van der Waals surface area contributed by atoms with Crippen molar-refractivity contribution in [2.45, 2.75) is 46.7 Å². The molecule has 0 amide bonds. The highest BCUT2D eigenvalue weighted by molar-refractivity contribution is 5.25. The molecule has 0 bridgehead atoms. The lowest BCUT2D eigenvalue weighted by molar-refractivity contribution is 0.542. The van der Waals surface area contributed by atoms with Crippen LogP contribution in [0.25, 0.3) is 0 Å². The summed E-state index contributed by atoms with van der Waals surface area (Å²) in [6, 6.07) is 2.38. The number of hydrogen-bond acceptors (Lipinski definition) is 4. The van der Waals surface area contributed by atoms with E-state index in [0.717, 1.165) is 30.9 Å². The lowest BCUT2D eigenvalue weighted by atomic mass is 9.99. The molecular weight excluding hydrogens is 250 g/mol. The van der Waals surface area contributed by atoms with Gasteiger partial charge in [0, 0.05) is 18.8 Å². The van der Waals surface area contributed by atoms with Crippen molar-refractivity contribution in [1.29, 1.82) is 0 Å². The first-order valence-electron chi connectivity index (χ1n) is 7.19. The van der Waals surface area contributed by atoms with Crippen LogP contribution in [0, 0.1) is 13.8 Å². The highest BCUT2D eigenvalue weighted by Gasteiger charge is 2.16. The van der Waals surface area contributed by atoms with Crippen molar-refractivity contribution in [1.82, 2.24) is 25.3 Å². The summed E-state index contributed by atoms with van der Waals surface area (Å²) in [7, 11) is 0. The molecule has 108 valence electrons. The van der Waals surface area contributed by atoms with Crippen molar-refractivity contribution < 1.29 is 0 Å². The van der Waals surface area contributed by atoms with Crippen molar-refractivity contribution in [3.05, 3.63) is 41.0 Å². The summed E-state index contributed by atoms with van der Waals surface area (Å²) in [6.45, 7) is 10.0. The Bertz CT molecular complexity index is 561. The van der Waals surface area contributed by atoms with Gasteiger partial charge in [-0.25, -0.2) is 0 Å². The van der Waals surface area contributed by atoms with E-state index in [1.165, 1.54) is 11.1 Å². The molecule has 1 atom stereocenters. The Morgan fingerprint density at radius 2 is 2.05 bits per heavy atom. The van der Waals surface area contributed by atoms with Crippen LogP contribution in [0.1, 0.15) is 42.4 Å². The van der Waals surface area contributed by atoms with Crippen LogP contribution >= 0.6 is 0 Å². The second-order valence-corrected chi connectivity index (χ2v) is 5.05. The second kappa shape index (κ2) is 6.61. The van der Waals surface area contributed by atoms with Gasteiger partial charge in [0.05, 0.1) is 17.6 Å². The van der Waals surface area contributed by atoms with Gasteiger partial charge in [0.15, 0.2) is 0 Å². The largest absolute Gasteiger partial charge is 0.310 e. The fourth-order valence-corrected chi connectivity index (χ4v) is 2.38. The number of nitrogens with one attached hydrogen (secondary N) is 1. The summed E-state index contributed by atoms with van der Waals surface area (Å²) in [5.74, 6) is 0. The molecule has 1 unspecified atom stereocenters. The van der Waals surface area contributed by atoms with Crippen LogP contribution in [0.5, 0.6) is 0 Å². The van der Waals surface area contributed by atoms with E-state index >= 15 is 0 Å². The highest BCUT2D eigenvalue weighted by Crippen LogP contribution is 2.20. The van der Waals surface area contributed by atoms with Crippen LogP contribution in [0.15, 0.2) is 18.5 Å². The van der Waals surface area contributed by atoms with Crippen LogP contribution in [0.3, 0.4) is 0 Å². The van der Waals surface area contributed by atoms with Crippen LogP contribution in [0.4, 0.5) is 0 Å². The Balaban J connectivity index is 2.23. The van der Waals surface area contributed by atoms with E-state index in [1.54, 1.807) is 0 Å². The fraction of sp³-hybridized carbons (Fsp3) is 0.533. The van der Waals surface area contributed by atoms with E-state index < -0.39 is 0 Å². The van der Waals surface area contributed by atoms with Gasteiger partial charge in [-0.15, -0.1) is 0 Å². The number of rotatable bonds is 6. The van der Waals surface area contributed by atoms with Crippen molar-refractivity contribution in [2.24, 2.45) is 0 Å². The average molecular weight is 273 g/mol. The number of aryl methyl sites for hydroxylation is 3. The Kier molecular flexibility index (Phi) is 4.84. The molecule has 5 heteroatoms. The summed E-state index contributed by atoms with van der Waals surface area (Å²) in [4.78, 5) is 0. The monoisotopic (exact) mass is 273 g/mol. The summed E-state index contributed by atoms with van der Waals surface area (Å²) in [5, 5.41) is 16.2. The van der Waals surface area contributed by atoms with Crippen molar-refractivity contribution in [3.8, 4) is 0 Å². The normalized spacial score (nSPS) is 12.6. The molecule has 1 N–H and O–H groups in total. The smallest absolute Gasteiger partial charge is 0.0648 e. The number of nitrogens with zero attached hydrogens (tertiary/aromatic N) is 4. The maximum atomic E-state index is 4.34. The summed E-state index contributed by atoms with van der Waals surface area (Å²) in [5.41, 5.74) is 4.41. The zero-order valence-electron chi connectivity index (χ0n) is 12.7. The summed E-state index contributed by atoms with van der Waals surface area (Å²) in [6.07, 6.45) is 4.98. The van der Waals surface area contributed by atoms with Crippen LogP contribution in [-0.4, -0.2) is 26.5 Å². The molecule has 2 aromatic rings. The molecule has 0 aromatic carbocycles. The average Bonchev–Trinajstić information content (AvgIpc) is 2.89. The molecule has 2 rings (SSSR count). The minimum Gasteiger partial charge on any atom is -0.310 e. The fourth-order valence-electron chi connectivity index (χ4n) is 2.38. The Morgan fingerprint density at radius 3 is 2.70 bits per heavy atom. The second-order valence-electron chi connectivity index (χ2n) is 5.05. The van der Waals surface area contributed by atoms with E-state index in [2.05, 4.69) is 46.7 Å². The van der Waals surface area contributed by atoms with Gasteiger partial charge in [-0.3, -0.25) is 4.68 Å². The summed E-state index contributed by atoms with van der Waals surface area (Å²) < 4.78 is 1.96. The molecule has 2 heterocycles. The van der Waals surface area contributed by atoms with Crippen LogP contribution in [0.2, 0.25) is 0 Å². The molecular formula is C15H23N5. The van der Waals surface area contributed by atoms with Crippen molar-refractivity contribution >= 4 is 0 Å². The van der Waals surface area contributed by atoms with E-state index in [0.29, 0.717) is 0 Å². The van der Waals surface area contributed by atoms with Crippen LogP contribution in [-0.2, 0) is 13.0 Å². The van der Waals surface area contributed by atoms with Crippen molar-refractivity contribution in [2.75, 3.05) is 6.54 Å². The lowest BCUT2D eigenvalue weighted by Crippen LogP contribution is -2.24. The SMILES string of the molecule is CCNC(Cc1cnn(CC)c1)c1cc(C)nnc1C. The molecule has 0 spiro atoms. The zero-order chi connectivity index (χ0) is 14.5. The number of hydrogen-bond donors (Lipinski definition) is 1. The Morgan fingerprint density at radius 1 is 1.25 bits per heavy atom. The van der Waals surface area contributed by atoms with Gasteiger partial charge in [0.2, 0.25) is 0 Å². The molecule has 0 saturated heterocycles. The van der Waals surface area contributed by atoms with Gasteiger partial charge in [-0.05, 0) is 50.9 Å². The molecule has 0 saturated carbocycles. The van der Waals surface area contributed by atoms with E-state index in [9.17, 15) is 0 Å². The van der Waals surface area contributed by atoms with Gasteiger partial charge in [0.1, 0.15) is 0 Å². The highest BCUT2D eigenvalue weighted by atomic mass is 15.3. The van der Waals surface area contributed by atoms with Gasteiger partial charge >= 0.3 is 0 Å². The maximum Gasteiger partial charge on any atom is 0.0648 e. The Hall–Kier alpha value is -1.75. The molecule has 0 radical (unpaired) electrons. The zero-order valence-corrected chi connectivity index (χ0v) is 12.7. The van der Waals surface area contributed by atoms with E-state index in [1.807, 2.05) is 24.7 Å². The van der Waals surface area contributed by atoms with E-state index in [4.69, 9.17) is 0 Å². The topological polar surface area (TPSA) is 55.6 Å². The number of aromatic nitrogens is 4. The third-order valence-electron chi connectivity index (χ3n) is 3.42. The minimum absolute atomic E-state index is 0.253. The van der Waals surface area contributed by atoms with Gasteiger partial charge in [-0.1, -0.05) is 6.92 Å². The first-order valence-corrected chi connectivity index (χ1v) is 7.19. The predicted octanol–water partition coefficient (Wildman–Crippen LogP) is 2.20. The first-order chi connectivity index (χ1) is 9.63. The lowest BCUT2D eigenvalue weighted by Gasteiger charge is -2.19. The molecule has 20 heavy (non-hydrogen) atoms. The van der Waals surface area contributed by atoms with Crippen molar-refractivity contribution in [3.63, 3.8) is 0 Å². The third-order valence-corrected chi connectivity index (χ3v) is 3.42. The third kappa shape index (κ3) is 3.42. The van der Waals surface area contributed by atoms with E-state index in [-0.39, 0.29) is 6.04 Å². The quantitative estimate of drug-likeness (QED) is 0.876. The molecule has 2 aromatic heterocycles. The van der Waals surface area contributed by atoms with Gasteiger partial charge < -0.3 is 5.32 Å². The molecule has 0 aliphatic heterocycles.